The number of nitrogens with one attached hydrogen (secondary N) is 1. The van der Waals surface area contributed by atoms with Crippen molar-refractivity contribution in [3.63, 3.8) is 0 Å². The normalized spacial score (nSPS) is 18.1. The summed E-state index contributed by atoms with van der Waals surface area (Å²) in [6.07, 6.45) is 3.12. The van der Waals surface area contributed by atoms with E-state index in [0.717, 1.165) is 35.9 Å². The Kier molecular flexibility index (Phi) is 4.77. The lowest BCUT2D eigenvalue weighted by molar-refractivity contribution is -0.0172. The van der Waals surface area contributed by atoms with Crippen LogP contribution in [0.15, 0.2) is 17.1 Å². The van der Waals surface area contributed by atoms with Gasteiger partial charge in [-0.2, -0.15) is 0 Å². The number of hydrogen-bond donors (Lipinski definition) is 1. The molecule has 5 nitrogen and oxygen atoms in total. The molecule has 2 heterocycles. The SMILES string of the molecule is CN=C(NCCc1cc(F)cc2c1OCOC2)N1CCCC1. The zero-order valence-electron chi connectivity index (χ0n) is 12.9. The van der Waals surface area contributed by atoms with Crippen LogP contribution in [0.3, 0.4) is 0 Å². The van der Waals surface area contributed by atoms with Gasteiger partial charge in [0.15, 0.2) is 12.8 Å². The third-order valence-corrected chi connectivity index (χ3v) is 4.05. The number of benzene rings is 1. The Bertz CT molecular complexity index is 557. The molecular formula is C16H22FN3O2. The van der Waals surface area contributed by atoms with Gasteiger partial charge in [-0.15, -0.1) is 0 Å². The Labute approximate surface area is 130 Å². The number of halogens is 1. The third kappa shape index (κ3) is 3.32. The molecule has 2 aliphatic rings. The van der Waals surface area contributed by atoms with E-state index in [-0.39, 0.29) is 12.6 Å². The van der Waals surface area contributed by atoms with Gasteiger partial charge in [0, 0.05) is 32.2 Å². The van der Waals surface area contributed by atoms with Gasteiger partial charge in [-0.25, -0.2) is 4.39 Å². The molecule has 1 aromatic carbocycles. The van der Waals surface area contributed by atoms with E-state index in [4.69, 9.17) is 9.47 Å². The molecule has 0 amide bonds. The minimum absolute atomic E-state index is 0.231. The van der Waals surface area contributed by atoms with Gasteiger partial charge < -0.3 is 19.7 Å². The second-order valence-electron chi connectivity index (χ2n) is 5.58. The van der Waals surface area contributed by atoms with Gasteiger partial charge in [-0.3, -0.25) is 4.99 Å². The summed E-state index contributed by atoms with van der Waals surface area (Å²) in [4.78, 5) is 6.57. The van der Waals surface area contributed by atoms with E-state index in [0.29, 0.717) is 19.6 Å². The van der Waals surface area contributed by atoms with Crippen molar-refractivity contribution in [1.29, 1.82) is 0 Å². The molecule has 6 heteroatoms. The first-order valence-electron chi connectivity index (χ1n) is 7.75. The fourth-order valence-corrected chi connectivity index (χ4v) is 3.01. The molecule has 1 aromatic rings. The molecule has 0 atom stereocenters. The Morgan fingerprint density at radius 2 is 2.18 bits per heavy atom. The predicted molar refractivity (Wildman–Crippen MR) is 82.6 cm³/mol. The lowest BCUT2D eigenvalue weighted by Gasteiger charge is -2.23. The van der Waals surface area contributed by atoms with E-state index < -0.39 is 0 Å². The first-order chi connectivity index (χ1) is 10.8. The first-order valence-corrected chi connectivity index (χ1v) is 7.75. The van der Waals surface area contributed by atoms with Crippen LogP contribution < -0.4 is 10.1 Å². The molecule has 0 saturated carbocycles. The van der Waals surface area contributed by atoms with Crippen molar-refractivity contribution in [2.75, 3.05) is 33.5 Å². The van der Waals surface area contributed by atoms with Crippen LogP contribution in [0.4, 0.5) is 4.39 Å². The van der Waals surface area contributed by atoms with E-state index in [2.05, 4.69) is 15.2 Å². The maximum Gasteiger partial charge on any atom is 0.193 e. The van der Waals surface area contributed by atoms with Crippen molar-refractivity contribution in [3.8, 4) is 5.75 Å². The minimum atomic E-state index is -0.244. The van der Waals surface area contributed by atoms with Gasteiger partial charge in [-0.1, -0.05) is 0 Å². The van der Waals surface area contributed by atoms with Gasteiger partial charge in [0.25, 0.3) is 0 Å². The maximum absolute atomic E-state index is 13.7. The standard InChI is InChI=1S/C16H22FN3O2/c1-18-16(20-6-2-3-7-20)19-5-4-12-8-14(17)9-13-10-21-11-22-15(12)13/h8-9H,2-7,10-11H2,1H3,(H,18,19). The number of aliphatic imine (C=N–C) groups is 1. The lowest BCUT2D eigenvalue weighted by atomic mass is 10.1. The number of hydrogen-bond acceptors (Lipinski definition) is 3. The second-order valence-corrected chi connectivity index (χ2v) is 5.58. The van der Waals surface area contributed by atoms with E-state index >= 15 is 0 Å². The van der Waals surface area contributed by atoms with Gasteiger partial charge >= 0.3 is 0 Å². The summed E-state index contributed by atoms with van der Waals surface area (Å²) in [6, 6.07) is 3.03. The van der Waals surface area contributed by atoms with E-state index in [1.54, 1.807) is 13.1 Å². The quantitative estimate of drug-likeness (QED) is 0.684. The predicted octanol–water partition coefficient (Wildman–Crippen LogP) is 1.91. The Morgan fingerprint density at radius 1 is 1.36 bits per heavy atom. The van der Waals surface area contributed by atoms with Crippen LogP contribution in [0.25, 0.3) is 0 Å². The molecule has 0 spiro atoms. The largest absolute Gasteiger partial charge is 0.467 e. The van der Waals surface area contributed by atoms with Crippen LogP contribution in [-0.4, -0.2) is 44.3 Å². The Hall–Kier alpha value is -1.82. The van der Waals surface area contributed by atoms with Crippen LogP contribution in [-0.2, 0) is 17.8 Å². The number of guanidine groups is 1. The summed E-state index contributed by atoms with van der Waals surface area (Å²) in [5, 5.41) is 3.35. The highest BCUT2D eigenvalue weighted by Crippen LogP contribution is 2.29. The molecule has 120 valence electrons. The third-order valence-electron chi connectivity index (χ3n) is 4.05. The van der Waals surface area contributed by atoms with Crippen molar-refractivity contribution in [1.82, 2.24) is 10.2 Å². The molecule has 1 saturated heterocycles. The zero-order valence-corrected chi connectivity index (χ0v) is 12.9. The lowest BCUT2D eigenvalue weighted by Crippen LogP contribution is -2.40. The highest BCUT2D eigenvalue weighted by atomic mass is 19.1. The van der Waals surface area contributed by atoms with Crippen molar-refractivity contribution in [2.24, 2.45) is 4.99 Å². The van der Waals surface area contributed by atoms with Crippen LogP contribution in [0, 0.1) is 5.82 Å². The highest BCUT2D eigenvalue weighted by molar-refractivity contribution is 5.80. The zero-order chi connectivity index (χ0) is 15.4. The highest BCUT2D eigenvalue weighted by Gasteiger charge is 2.18. The van der Waals surface area contributed by atoms with Gasteiger partial charge in [0.1, 0.15) is 11.6 Å². The molecule has 0 radical (unpaired) electrons. The fourth-order valence-electron chi connectivity index (χ4n) is 3.01. The summed E-state index contributed by atoms with van der Waals surface area (Å²) in [6.45, 7) is 3.44. The molecular weight excluding hydrogens is 285 g/mol. The maximum atomic E-state index is 13.7. The Morgan fingerprint density at radius 3 is 2.95 bits per heavy atom. The summed E-state index contributed by atoms with van der Waals surface area (Å²) in [5.74, 6) is 1.45. The molecule has 0 aliphatic carbocycles. The van der Waals surface area contributed by atoms with Gasteiger partial charge in [0.2, 0.25) is 0 Å². The molecule has 0 aromatic heterocycles. The summed E-state index contributed by atoms with van der Waals surface area (Å²) in [5.41, 5.74) is 1.66. The summed E-state index contributed by atoms with van der Waals surface area (Å²) < 4.78 is 24.4. The van der Waals surface area contributed by atoms with Crippen LogP contribution >= 0.6 is 0 Å². The number of rotatable bonds is 3. The number of likely N-dealkylation sites (tertiary alicyclic amines) is 1. The van der Waals surface area contributed by atoms with E-state index in [1.165, 1.54) is 18.9 Å². The van der Waals surface area contributed by atoms with Crippen molar-refractivity contribution < 1.29 is 13.9 Å². The number of fused-ring (bicyclic) bond motifs is 1. The topological polar surface area (TPSA) is 46.1 Å². The van der Waals surface area contributed by atoms with E-state index in [1.807, 2.05) is 0 Å². The number of ether oxygens (including phenoxy) is 2. The minimum Gasteiger partial charge on any atom is -0.467 e. The smallest absolute Gasteiger partial charge is 0.193 e. The Balaban J connectivity index is 1.62. The van der Waals surface area contributed by atoms with Crippen LogP contribution in [0.2, 0.25) is 0 Å². The number of nitrogens with zero attached hydrogens (tertiary/aromatic N) is 2. The summed E-state index contributed by atoms with van der Waals surface area (Å²) >= 11 is 0. The van der Waals surface area contributed by atoms with E-state index in [9.17, 15) is 4.39 Å². The molecule has 0 bridgehead atoms. The monoisotopic (exact) mass is 307 g/mol. The molecule has 22 heavy (non-hydrogen) atoms. The molecule has 1 N–H and O–H groups in total. The van der Waals surface area contributed by atoms with Crippen LogP contribution in [0.5, 0.6) is 5.75 Å². The molecule has 3 rings (SSSR count). The molecule has 1 fully saturated rings. The van der Waals surface area contributed by atoms with Crippen molar-refractivity contribution >= 4 is 5.96 Å². The fraction of sp³-hybridized carbons (Fsp3) is 0.562. The van der Waals surface area contributed by atoms with Crippen molar-refractivity contribution in [2.45, 2.75) is 25.9 Å². The molecule has 2 aliphatic heterocycles. The summed E-state index contributed by atoms with van der Waals surface area (Å²) in [7, 11) is 1.80. The van der Waals surface area contributed by atoms with Gasteiger partial charge in [-0.05, 0) is 37.0 Å². The first kappa shape index (κ1) is 15.1. The van der Waals surface area contributed by atoms with Gasteiger partial charge in [0.05, 0.1) is 6.61 Å². The molecule has 0 unspecified atom stereocenters. The van der Waals surface area contributed by atoms with Crippen LogP contribution in [0.1, 0.15) is 24.0 Å². The average Bonchev–Trinajstić information content (AvgIpc) is 3.05. The van der Waals surface area contributed by atoms with Crippen molar-refractivity contribution in [3.05, 3.63) is 29.1 Å². The second kappa shape index (κ2) is 6.96. The average molecular weight is 307 g/mol.